The number of allylic oxidation sites excluding steroid dienone is 2. The SMILES string of the molecule is CCC=CCC(=O)CP(=O)(OC)OC. The Morgan fingerprint density at radius 2 is 1.86 bits per heavy atom. The van der Waals surface area contributed by atoms with Gasteiger partial charge in [-0.05, 0) is 6.42 Å². The van der Waals surface area contributed by atoms with Crippen molar-refractivity contribution in [2.75, 3.05) is 20.4 Å². The molecule has 0 rings (SSSR count). The summed E-state index contributed by atoms with van der Waals surface area (Å²) >= 11 is 0. The lowest BCUT2D eigenvalue weighted by Crippen LogP contribution is -2.06. The molecule has 0 aromatic heterocycles. The molecule has 0 spiro atoms. The van der Waals surface area contributed by atoms with Crippen molar-refractivity contribution in [1.29, 1.82) is 0 Å². The van der Waals surface area contributed by atoms with Crippen molar-refractivity contribution in [1.82, 2.24) is 0 Å². The zero-order chi connectivity index (χ0) is 11.0. The minimum absolute atomic E-state index is 0.137. The van der Waals surface area contributed by atoms with E-state index in [-0.39, 0.29) is 18.4 Å². The summed E-state index contributed by atoms with van der Waals surface area (Å²) in [5, 5.41) is 0. The summed E-state index contributed by atoms with van der Waals surface area (Å²) in [5.41, 5.74) is 0. The van der Waals surface area contributed by atoms with Crippen LogP contribution in [0.3, 0.4) is 0 Å². The lowest BCUT2D eigenvalue weighted by molar-refractivity contribution is -0.116. The van der Waals surface area contributed by atoms with Gasteiger partial charge in [0.05, 0.1) is 0 Å². The van der Waals surface area contributed by atoms with Crippen LogP contribution < -0.4 is 0 Å². The molecule has 82 valence electrons. The normalized spacial score (nSPS) is 12.2. The van der Waals surface area contributed by atoms with Crippen LogP contribution in [0.1, 0.15) is 19.8 Å². The molecule has 0 aromatic carbocycles. The molecule has 4 nitrogen and oxygen atoms in total. The van der Waals surface area contributed by atoms with Crippen LogP contribution in [-0.4, -0.2) is 26.2 Å². The molecule has 0 N–H and O–H groups in total. The van der Waals surface area contributed by atoms with Crippen molar-refractivity contribution in [3.8, 4) is 0 Å². The van der Waals surface area contributed by atoms with Crippen molar-refractivity contribution in [3.05, 3.63) is 12.2 Å². The van der Waals surface area contributed by atoms with E-state index in [1.54, 1.807) is 6.08 Å². The summed E-state index contributed by atoms with van der Waals surface area (Å²) < 4.78 is 20.8. The Balaban J connectivity index is 4.05. The maximum atomic E-state index is 11.5. The quantitative estimate of drug-likeness (QED) is 0.488. The Morgan fingerprint density at radius 3 is 2.29 bits per heavy atom. The number of rotatable bonds is 7. The van der Waals surface area contributed by atoms with Crippen LogP contribution in [0, 0.1) is 0 Å². The highest BCUT2D eigenvalue weighted by molar-refractivity contribution is 7.54. The lowest BCUT2D eigenvalue weighted by Gasteiger charge is -2.11. The average molecular weight is 220 g/mol. The van der Waals surface area contributed by atoms with E-state index in [2.05, 4.69) is 9.05 Å². The van der Waals surface area contributed by atoms with Crippen LogP contribution in [0.4, 0.5) is 0 Å². The maximum Gasteiger partial charge on any atom is 0.337 e. The topological polar surface area (TPSA) is 52.6 Å². The summed E-state index contributed by atoms with van der Waals surface area (Å²) in [6, 6.07) is 0. The molecule has 0 aliphatic heterocycles. The van der Waals surface area contributed by atoms with Crippen molar-refractivity contribution in [2.24, 2.45) is 0 Å². The van der Waals surface area contributed by atoms with E-state index < -0.39 is 7.60 Å². The summed E-state index contributed by atoms with van der Waals surface area (Å²) in [5.74, 6) is -0.137. The van der Waals surface area contributed by atoms with Crippen LogP contribution in [0.2, 0.25) is 0 Å². The molecule has 0 amide bonds. The third-order valence-corrected chi connectivity index (χ3v) is 3.53. The largest absolute Gasteiger partial charge is 0.337 e. The molecule has 14 heavy (non-hydrogen) atoms. The zero-order valence-corrected chi connectivity index (χ0v) is 9.75. The summed E-state index contributed by atoms with van der Waals surface area (Å²) in [6.45, 7) is 1.98. The van der Waals surface area contributed by atoms with Gasteiger partial charge in [0.15, 0.2) is 0 Å². The van der Waals surface area contributed by atoms with E-state index in [1.807, 2.05) is 13.0 Å². The standard InChI is InChI=1S/C9H17O4P/c1-4-5-6-7-9(10)8-14(11,12-2)13-3/h5-6H,4,7-8H2,1-3H3. The van der Waals surface area contributed by atoms with Gasteiger partial charge in [0.2, 0.25) is 0 Å². The molecule has 0 saturated heterocycles. The van der Waals surface area contributed by atoms with Gasteiger partial charge < -0.3 is 9.05 Å². The molecule has 0 fully saturated rings. The predicted molar refractivity (Wildman–Crippen MR) is 55.5 cm³/mol. The third-order valence-electron chi connectivity index (χ3n) is 1.67. The molecule has 0 bridgehead atoms. The van der Waals surface area contributed by atoms with Gasteiger partial charge in [-0.15, -0.1) is 0 Å². The molecular formula is C9H17O4P. The molecule has 0 radical (unpaired) electrons. The Hall–Kier alpha value is -0.440. The molecule has 0 heterocycles. The Morgan fingerprint density at radius 1 is 1.29 bits per heavy atom. The molecule has 0 aliphatic rings. The highest BCUT2D eigenvalue weighted by atomic mass is 31.2. The van der Waals surface area contributed by atoms with Gasteiger partial charge in [-0.1, -0.05) is 19.1 Å². The molecule has 0 saturated carbocycles. The van der Waals surface area contributed by atoms with Gasteiger partial charge in [-0.2, -0.15) is 0 Å². The van der Waals surface area contributed by atoms with E-state index in [9.17, 15) is 9.36 Å². The Bertz CT molecular complexity index is 239. The second kappa shape index (κ2) is 6.93. The van der Waals surface area contributed by atoms with Crippen LogP contribution in [0.25, 0.3) is 0 Å². The minimum atomic E-state index is -3.17. The van der Waals surface area contributed by atoms with Crippen molar-refractivity contribution in [2.45, 2.75) is 19.8 Å². The molecule has 0 aliphatic carbocycles. The van der Waals surface area contributed by atoms with Crippen LogP contribution >= 0.6 is 7.60 Å². The second-order valence-corrected chi connectivity index (χ2v) is 5.02. The second-order valence-electron chi connectivity index (χ2n) is 2.76. The first-order valence-electron chi connectivity index (χ1n) is 4.45. The fourth-order valence-corrected chi connectivity index (χ4v) is 1.83. The van der Waals surface area contributed by atoms with Crippen molar-refractivity contribution >= 4 is 13.4 Å². The lowest BCUT2D eigenvalue weighted by atomic mass is 10.3. The highest BCUT2D eigenvalue weighted by Gasteiger charge is 2.24. The molecule has 0 unspecified atom stereocenters. The number of ketones is 1. The predicted octanol–water partition coefficient (Wildman–Crippen LogP) is 2.40. The van der Waals surface area contributed by atoms with Crippen molar-refractivity contribution < 1.29 is 18.4 Å². The van der Waals surface area contributed by atoms with Gasteiger partial charge >= 0.3 is 7.60 Å². The van der Waals surface area contributed by atoms with E-state index in [1.165, 1.54) is 14.2 Å². The smallest absolute Gasteiger partial charge is 0.312 e. The van der Waals surface area contributed by atoms with Gasteiger partial charge in [-0.3, -0.25) is 9.36 Å². The van der Waals surface area contributed by atoms with Gasteiger partial charge in [0.25, 0.3) is 0 Å². The summed E-state index contributed by atoms with van der Waals surface area (Å²) in [6.07, 6.45) is 4.67. The van der Waals surface area contributed by atoms with Crippen LogP contribution in [-0.2, 0) is 18.4 Å². The minimum Gasteiger partial charge on any atom is -0.312 e. The first kappa shape index (κ1) is 13.6. The number of hydrogen-bond acceptors (Lipinski definition) is 4. The average Bonchev–Trinajstić information content (AvgIpc) is 2.18. The zero-order valence-electron chi connectivity index (χ0n) is 8.86. The molecule has 5 heteroatoms. The van der Waals surface area contributed by atoms with Crippen LogP contribution in [0.15, 0.2) is 12.2 Å². The summed E-state index contributed by atoms with van der Waals surface area (Å²) in [7, 11) is -0.615. The summed E-state index contributed by atoms with van der Waals surface area (Å²) in [4.78, 5) is 11.3. The van der Waals surface area contributed by atoms with E-state index in [0.29, 0.717) is 0 Å². The van der Waals surface area contributed by atoms with Gasteiger partial charge in [0.1, 0.15) is 11.9 Å². The Labute approximate surface area is 84.8 Å². The fourth-order valence-electron chi connectivity index (χ4n) is 0.866. The fraction of sp³-hybridized carbons (Fsp3) is 0.667. The van der Waals surface area contributed by atoms with Gasteiger partial charge in [0, 0.05) is 20.6 Å². The molecule has 0 atom stereocenters. The molecule has 0 aromatic rings. The van der Waals surface area contributed by atoms with Crippen LogP contribution in [0.5, 0.6) is 0 Å². The monoisotopic (exact) mass is 220 g/mol. The number of carbonyl (C=O) groups excluding carboxylic acids is 1. The number of hydrogen-bond donors (Lipinski definition) is 0. The maximum absolute atomic E-state index is 11.5. The van der Waals surface area contributed by atoms with Gasteiger partial charge in [-0.25, -0.2) is 0 Å². The first-order chi connectivity index (χ1) is 6.58. The van der Waals surface area contributed by atoms with E-state index >= 15 is 0 Å². The third kappa shape index (κ3) is 5.32. The van der Waals surface area contributed by atoms with E-state index in [4.69, 9.17) is 0 Å². The number of carbonyl (C=O) groups is 1. The number of Topliss-reactive ketones (excluding diaryl/α,β-unsaturated/α-hetero) is 1. The highest BCUT2D eigenvalue weighted by Crippen LogP contribution is 2.46. The van der Waals surface area contributed by atoms with Crippen molar-refractivity contribution in [3.63, 3.8) is 0 Å². The van der Waals surface area contributed by atoms with E-state index in [0.717, 1.165) is 6.42 Å². The first-order valence-corrected chi connectivity index (χ1v) is 6.18. The molecular weight excluding hydrogens is 203 g/mol. The Kier molecular flexibility index (Phi) is 6.71.